The summed E-state index contributed by atoms with van der Waals surface area (Å²) in [5, 5.41) is 3.44. The fraction of sp³-hybridized carbons (Fsp3) is 0.562. The monoisotopic (exact) mass is 261 g/mol. The van der Waals surface area contributed by atoms with Gasteiger partial charge in [-0.25, -0.2) is 0 Å². The van der Waals surface area contributed by atoms with E-state index in [1.54, 1.807) is 0 Å². The van der Waals surface area contributed by atoms with Crippen LogP contribution in [0.4, 0.5) is 0 Å². The van der Waals surface area contributed by atoms with Gasteiger partial charge in [0.1, 0.15) is 0 Å². The molecular formula is C16H23NO2. The van der Waals surface area contributed by atoms with Crippen molar-refractivity contribution >= 4 is 5.97 Å². The maximum Gasteiger partial charge on any atom is 0.314 e. The van der Waals surface area contributed by atoms with Gasteiger partial charge >= 0.3 is 5.97 Å². The zero-order chi connectivity index (χ0) is 13.7. The summed E-state index contributed by atoms with van der Waals surface area (Å²) in [5.74, 6) is -0.382. The number of carbonyl (C=O) groups is 1. The van der Waals surface area contributed by atoms with Crippen molar-refractivity contribution in [2.45, 2.75) is 32.1 Å². The van der Waals surface area contributed by atoms with E-state index in [0.717, 1.165) is 12.1 Å². The molecule has 3 nitrogen and oxygen atoms in total. The van der Waals surface area contributed by atoms with Gasteiger partial charge in [-0.15, -0.1) is 0 Å². The Morgan fingerprint density at radius 1 is 1.37 bits per heavy atom. The molecule has 1 atom stereocenters. The van der Waals surface area contributed by atoms with Crippen LogP contribution in [-0.4, -0.2) is 26.2 Å². The average Bonchev–Trinajstić information content (AvgIpc) is 2.42. The van der Waals surface area contributed by atoms with Crippen molar-refractivity contribution in [1.29, 1.82) is 0 Å². The van der Waals surface area contributed by atoms with Gasteiger partial charge in [0.25, 0.3) is 0 Å². The predicted molar refractivity (Wildman–Crippen MR) is 76.0 cm³/mol. The van der Waals surface area contributed by atoms with E-state index in [9.17, 15) is 4.79 Å². The van der Waals surface area contributed by atoms with E-state index < -0.39 is 0 Å². The van der Waals surface area contributed by atoms with Crippen molar-refractivity contribution in [3.63, 3.8) is 0 Å². The number of methoxy groups -OCH3 is 1. The fourth-order valence-corrected chi connectivity index (χ4v) is 2.64. The second-order valence-electron chi connectivity index (χ2n) is 5.78. The van der Waals surface area contributed by atoms with Crippen molar-refractivity contribution in [2.24, 2.45) is 5.41 Å². The van der Waals surface area contributed by atoms with Gasteiger partial charge in [0.2, 0.25) is 0 Å². The molecule has 19 heavy (non-hydrogen) atoms. The van der Waals surface area contributed by atoms with Gasteiger partial charge in [-0.2, -0.15) is 0 Å². The van der Waals surface area contributed by atoms with Crippen LogP contribution >= 0.6 is 0 Å². The van der Waals surface area contributed by atoms with Crippen molar-refractivity contribution < 1.29 is 9.53 Å². The standard InChI is InChI=1S/C16H23NO2/c1-16(9-6-10-16)12-17-11-14(15(18)19-2)13-7-4-3-5-8-13/h3-5,7-8,14,17H,6,9-12H2,1-2H3. The lowest BCUT2D eigenvalue weighted by Crippen LogP contribution is -2.39. The van der Waals surface area contributed by atoms with Crippen molar-refractivity contribution in [2.75, 3.05) is 20.2 Å². The lowest BCUT2D eigenvalue weighted by atomic mass is 9.70. The molecule has 1 aliphatic rings. The molecule has 0 radical (unpaired) electrons. The molecule has 0 saturated heterocycles. The van der Waals surface area contributed by atoms with Crippen LogP contribution in [0.5, 0.6) is 0 Å². The molecule has 1 N–H and O–H groups in total. The quantitative estimate of drug-likeness (QED) is 0.800. The third kappa shape index (κ3) is 3.57. The second kappa shape index (κ2) is 6.20. The Labute approximate surface area is 115 Å². The highest BCUT2D eigenvalue weighted by Gasteiger charge is 2.31. The van der Waals surface area contributed by atoms with Crippen LogP contribution in [0.2, 0.25) is 0 Å². The third-order valence-corrected chi connectivity index (χ3v) is 4.15. The Balaban J connectivity index is 1.93. The number of ether oxygens (including phenoxy) is 1. The topological polar surface area (TPSA) is 38.3 Å². The molecule has 3 heteroatoms. The summed E-state index contributed by atoms with van der Waals surface area (Å²) < 4.78 is 4.91. The predicted octanol–water partition coefficient (Wildman–Crippen LogP) is 2.72. The van der Waals surface area contributed by atoms with Crippen molar-refractivity contribution in [3.8, 4) is 0 Å². The number of hydrogen-bond acceptors (Lipinski definition) is 3. The molecular weight excluding hydrogens is 238 g/mol. The SMILES string of the molecule is COC(=O)C(CNCC1(C)CCC1)c1ccccc1. The Hall–Kier alpha value is -1.35. The minimum Gasteiger partial charge on any atom is -0.469 e. The van der Waals surface area contributed by atoms with Crippen LogP contribution in [0.15, 0.2) is 30.3 Å². The average molecular weight is 261 g/mol. The van der Waals surface area contributed by atoms with Gasteiger partial charge < -0.3 is 10.1 Å². The maximum atomic E-state index is 11.9. The molecule has 0 heterocycles. The first-order valence-electron chi connectivity index (χ1n) is 6.98. The molecule has 1 fully saturated rings. The Kier molecular flexibility index (Phi) is 4.59. The fourth-order valence-electron chi connectivity index (χ4n) is 2.64. The Bertz CT molecular complexity index is 412. The Morgan fingerprint density at radius 2 is 2.05 bits per heavy atom. The van der Waals surface area contributed by atoms with Gasteiger partial charge in [-0.1, -0.05) is 43.7 Å². The molecule has 0 aromatic heterocycles. The number of rotatable bonds is 6. The normalized spacial score (nSPS) is 18.4. The molecule has 1 aromatic rings. The number of esters is 1. The van der Waals surface area contributed by atoms with Crippen molar-refractivity contribution in [1.82, 2.24) is 5.32 Å². The van der Waals surface area contributed by atoms with E-state index in [1.807, 2.05) is 30.3 Å². The molecule has 104 valence electrons. The lowest BCUT2D eigenvalue weighted by molar-refractivity contribution is -0.142. The number of hydrogen-bond donors (Lipinski definition) is 1. The zero-order valence-corrected chi connectivity index (χ0v) is 11.8. The molecule has 1 aliphatic carbocycles. The summed E-state index contributed by atoms with van der Waals surface area (Å²) >= 11 is 0. The van der Waals surface area contributed by atoms with Gasteiger partial charge in [-0.05, 0) is 23.8 Å². The summed E-state index contributed by atoms with van der Waals surface area (Å²) in [4.78, 5) is 11.9. The molecule has 1 saturated carbocycles. The Morgan fingerprint density at radius 3 is 2.58 bits per heavy atom. The third-order valence-electron chi connectivity index (χ3n) is 4.15. The summed E-state index contributed by atoms with van der Waals surface area (Å²) in [7, 11) is 1.45. The van der Waals surface area contributed by atoms with E-state index in [4.69, 9.17) is 4.74 Å². The number of carbonyl (C=O) groups excluding carboxylic acids is 1. The molecule has 2 rings (SSSR count). The second-order valence-corrected chi connectivity index (χ2v) is 5.78. The molecule has 1 unspecified atom stereocenters. The van der Waals surface area contributed by atoms with E-state index in [1.165, 1.54) is 26.4 Å². The number of benzene rings is 1. The first-order valence-corrected chi connectivity index (χ1v) is 6.98. The highest BCUT2D eigenvalue weighted by atomic mass is 16.5. The first kappa shape index (κ1) is 14.1. The lowest BCUT2D eigenvalue weighted by Gasteiger charge is -2.38. The van der Waals surface area contributed by atoms with Crippen LogP contribution in [0, 0.1) is 5.41 Å². The minimum absolute atomic E-state index is 0.169. The molecule has 0 aliphatic heterocycles. The van der Waals surface area contributed by atoms with Gasteiger partial charge in [0, 0.05) is 13.1 Å². The van der Waals surface area contributed by atoms with E-state index in [2.05, 4.69) is 12.2 Å². The molecule has 0 amide bonds. The van der Waals surface area contributed by atoms with Gasteiger partial charge in [-0.3, -0.25) is 4.79 Å². The number of nitrogens with one attached hydrogen (secondary N) is 1. The van der Waals surface area contributed by atoms with Crippen LogP contribution in [0.3, 0.4) is 0 Å². The zero-order valence-electron chi connectivity index (χ0n) is 11.8. The van der Waals surface area contributed by atoms with Crippen LogP contribution < -0.4 is 5.32 Å². The highest BCUT2D eigenvalue weighted by Crippen LogP contribution is 2.39. The van der Waals surface area contributed by atoms with Crippen LogP contribution in [0.1, 0.15) is 37.7 Å². The van der Waals surface area contributed by atoms with E-state index in [0.29, 0.717) is 12.0 Å². The molecule has 0 spiro atoms. The van der Waals surface area contributed by atoms with Crippen LogP contribution in [-0.2, 0) is 9.53 Å². The van der Waals surface area contributed by atoms with Crippen molar-refractivity contribution in [3.05, 3.63) is 35.9 Å². The van der Waals surface area contributed by atoms with E-state index in [-0.39, 0.29) is 11.9 Å². The van der Waals surface area contributed by atoms with Crippen LogP contribution in [0.25, 0.3) is 0 Å². The summed E-state index contributed by atoms with van der Waals surface area (Å²) in [6, 6.07) is 9.83. The smallest absolute Gasteiger partial charge is 0.314 e. The minimum atomic E-state index is -0.213. The first-order chi connectivity index (χ1) is 9.14. The summed E-state index contributed by atoms with van der Waals surface area (Å²) in [6.45, 7) is 3.93. The molecule has 1 aromatic carbocycles. The highest BCUT2D eigenvalue weighted by molar-refractivity contribution is 5.78. The maximum absolute atomic E-state index is 11.9. The van der Waals surface area contributed by atoms with Gasteiger partial charge in [0.05, 0.1) is 13.0 Å². The largest absolute Gasteiger partial charge is 0.469 e. The summed E-state index contributed by atoms with van der Waals surface area (Å²) in [5.41, 5.74) is 1.44. The summed E-state index contributed by atoms with van der Waals surface area (Å²) in [6.07, 6.45) is 3.90. The molecule has 0 bridgehead atoms. The van der Waals surface area contributed by atoms with Gasteiger partial charge in [0.15, 0.2) is 0 Å². The van der Waals surface area contributed by atoms with E-state index >= 15 is 0 Å².